The molecule has 1 N–H and O–H groups in total. The average Bonchev–Trinajstić information content (AvgIpc) is 2.76. The monoisotopic (exact) mass is 386 g/mol. The van der Waals surface area contributed by atoms with Crippen LogP contribution in [-0.4, -0.2) is 78.6 Å². The van der Waals surface area contributed by atoms with Crippen molar-refractivity contribution in [3.05, 3.63) is 30.1 Å². The summed E-state index contributed by atoms with van der Waals surface area (Å²) in [6.07, 6.45) is 5.73. The molecule has 3 aliphatic heterocycles. The zero-order valence-corrected chi connectivity index (χ0v) is 16.4. The molecule has 152 valence electrons. The molecule has 1 atom stereocenters. The average molecular weight is 386 g/mol. The van der Waals surface area contributed by atoms with E-state index in [1.165, 1.54) is 0 Å². The van der Waals surface area contributed by atoms with Crippen LogP contribution in [0.15, 0.2) is 24.4 Å². The molecular formula is C21H30N4O3. The van der Waals surface area contributed by atoms with Crippen molar-refractivity contribution in [1.82, 2.24) is 20.1 Å². The summed E-state index contributed by atoms with van der Waals surface area (Å²) in [7, 11) is 0. The van der Waals surface area contributed by atoms with Crippen LogP contribution in [0.2, 0.25) is 0 Å². The molecule has 1 aromatic heterocycles. The van der Waals surface area contributed by atoms with Gasteiger partial charge in [0.1, 0.15) is 6.10 Å². The Balaban J connectivity index is 1.31. The minimum Gasteiger partial charge on any atom is -0.366 e. The molecule has 3 aliphatic rings. The predicted octanol–water partition coefficient (Wildman–Crippen LogP) is 0.844. The number of pyridine rings is 1. The first-order chi connectivity index (χ1) is 13.7. The number of amides is 2. The van der Waals surface area contributed by atoms with Crippen molar-refractivity contribution >= 4 is 11.8 Å². The number of carbonyl (C=O) groups is 2. The Hall–Kier alpha value is -1.99. The van der Waals surface area contributed by atoms with Crippen LogP contribution in [0.4, 0.5) is 0 Å². The Kier molecular flexibility index (Phi) is 5.92. The lowest BCUT2D eigenvalue weighted by Crippen LogP contribution is -2.55. The molecule has 7 nitrogen and oxygen atoms in total. The SMILES string of the molecule is O=C1CCC2(CCN(C(=O)[C@H]3CNCCO3)CC2)CN1CCc1ccccn1. The van der Waals surface area contributed by atoms with E-state index in [0.717, 1.165) is 64.1 Å². The second-order valence-corrected chi connectivity index (χ2v) is 8.28. The zero-order chi connectivity index (χ0) is 19.4. The third-order valence-corrected chi connectivity index (χ3v) is 6.45. The summed E-state index contributed by atoms with van der Waals surface area (Å²) in [6.45, 7) is 5.08. The second kappa shape index (κ2) is 8.57. The number of nitrogens with one attached hydrogen (secondary N) is 1. The summed E-state index contributed by atoms with van der Waals surface area (Å²) in [5.41, 5.74) is 1.18. The van der Waals surface area contributed by atoms with Crippen molar-refractivity contribution < 1.29 is 14.3 Å². The van der Waals surface area contributed by atoms with Crippen LogP contribution < -0.4 is 5.32 Å². The molecule has 0 radical (unpaired) electrons. The number of likely N-dealkylation sites (tertiary alicyclic amines) is 2. The highest BCUT2D eigenvalue weighted by molar-refractivity contribution is 5.81. The van der Waals surface area contributed by atoms with Gasteiger partial charge in [-0.1, -0.05) is 6.07 Å². The van der Waals surface area contributed by atoms with Gasteiger partial charge in [0.05, 0.1) is 6.61 Å². The number of ether oxygens (including phenoxy) is 1. The third kappa shape index (κ3) is 4.36. The van der Waals surface area contributed by atoms with E-state index in [9.17, 15) is 9.59 Å². The number of hydrogen-bond acceptors (Lipinski definition) is 5. The van der Waals surface area contributed by atoms with Crippen LogP contribution in [0.1, 0.15) is 31.4 Å². The van der Waals surface area contributed by atoms with Gasteiger partial charge < -0.3 is 19.9 Å². The molecule has 1 aromatic rings. The Morgan fingerprint density at radius 3 is 2.86 bits per heavy atom. The maximum absolute atomic E-state index is 12.7. The summed E-state index contributed by atoms with van der Waals surface area (Å²) in [4.78, 5) is 33.5. The van der Waals surface area contributed by atoms with Crippen LogP contribution in [0, 0.1) is 5.41 Å². The van der Waals surface area contributed by atoms with E-state index < -0.39 is 0 Å². The predicted molar refractivity (Wildman–Crippen MR) is 105 cm³/mol. The van der Waals surface area contributed by atoms with Gasteiger partial charge in [-0.25, -0.2) is 0 Å². The van der Waals surface area contributed by atoms with E-state index in [0.29, 0.717) is 19.6 Å². The molecule has 7 heteroatoms. The van der Waals surface area contributed by atoms with Crippen molar-refractivity contribution in [3.63, 3.8) is 0 Å². The van der Waals surface area contributed by atoms with Gasteiger partial charge in [-0.05, 0) is 36.8 Å². The molecule has 0 aliphatic carbocycles. The number of rotatable bonds is 4. The number of carbonyl (C=O) groups excluding carboxylic acids is 2. The van der Waals surface area contributed by atoms with Gasteiger partial charge in [0, 0.05) is 64.0 Å². The Labute approximate surface area is 166 Å². The van der Waals surface area contributed by atoms with Crippen LogP contribution in [-0.2, 0) is 20.7 Å². The van der Waals surface area contributed by atoms with Gasteiger partial charge in [0.2, 0.25) is 5.91 Å². The van der Waals surface area contributed by atoms with Crippen LogP contribution in [0.5, 0.6) is 0 Å². The highest BCUT2D eigenvalue weighted by atomic mass is 16.5. The van der Waals surface area contributed by atoms with E-state index >= 15 is 0 Å². The molecule has 0 aromatic carbocycles. The van der Waals surface area contributed by atoms with Gasteiger partial charge in [-0.15, -0.1) is 0 Å². The first kappa shape index (κ1) is 19.3. The molecule has 0 unspecified atom stereocenters. The summed E-state index contributed by atoms with van der Waals surface area (Å²) < 4.78 is 5.62. The molecule has 4 heterocycles. The van der Waals surface area contributed by atoms with Gasteiger partial charge in [0.25, 0.3) is 5.91 Å². The molecule has 2 amide bonds. The molecule has 1 spiro atoms. The maximum atomic E-state index is 12.7. The van der Waals surface area contributed by atoms with E-state index in [1.807, 2.05) is 28.0 Å². The number of nitrogens with zero attached hydrogens (tertiary/aromatic N) is 3. The minimum atomic E-state index is -0.342. The van der Waals surface area contributed by atoms with E-state index in [-0.39, 0.29) is 23.3 Å². The Morgan fingerprint density at radius 2 is 2.14 bits per heavy atom. The fourth-order valence-electron chi connectivity index (χ4n) is 4.64. The highest BCUT2D eigenvalue weighted by Crippen LogP contribution is 2.40. The molecule has 28 heavy (non-hydrogen) atoms. The summed E-state index contributed by atoms with van der Waals surface area (Å²) in [5, 5.41) is 3.23. The smallest absolute Gasteiger partial charge is 0.253 e. The first-order valence-corrected chi connectivity index (χ1v) is 10.4. The fourth-order valence-corrected chi connectivity index (χ4v) is 4.64. The number of aromatic nitrogens is 1. The number of hydrogen-bond donors (Lipinski definition) is 1. The molecule has 3 saturated heterocycles. The van der Waals surface area contributed by atoms with Crippen molar-refractivity contribution in [2.75, 3.05) is 45.9 Å². The lowest BCUT2D eigenvalue weighted by atomic mass is 9.72. The second-order valence-electron chi connectivity index (χ2n) is 8.28. The molecule has 0 saturated carbocycles. The van der Waals surface area contributed by atoms with Crippen LogP contribution >= 0.6 is 0 Å². The van der Waals surface area contributed by atoms with E-state index in [2.05, 4.69) is 10.3 Å². The van der Waals surface area contributed by atoms with Gasteiger partial charge in [-0.3, -0.25) is 14.6 Å². The lowest BCUT2D eigenvalue weighted by molar-refractivity contribution is -0.150. The number of piperidine rings is 2. The van der Waals surface area contributed by atoms with Crippen molar-refractivity contribution in [3.8, 4) is 0 Å². The summed E-state index contributed by atoms with van der Waals surface area (Å²) >= 11 is 0. The van der Waals surface area contributed by atoms with Gasteiger partial charge in [0.15, 0.2) is 0 Å². The Bertz CT molecular complexity index is 682. The molecular weight excluding hydrogens is 356 g/mol. The zero-order valence-electron chi connectivity index (χ0n) is 16.4. The van der Waals surface area contributed by atoms with Crippen LogP contribution in [0.3, 0.4) is 0 Å². The quantitative estimate of drug-likeness (QED) is 0.830. The molecule has 4 rings (SSSR count). The minimum absolute atomic E-state index is 0.112. The normalized spacial score (nSPS) is 25.1. The van der Waals surface area contributed by atoms with Crippen molar-refractivity contribution in [2.24, 2.45) is 5.41 Å². The maximum Gasteiger partial charge on any atom is 0.253 e. The van der Waals surface area contributed by atoms with Crippen molar-refractivity contribution in [2.45, 2.75) is 38.2 Å². The fraction of sp³-hybridized carbons (Fsp3) is 0.667. The third-order valence-electron chi connectivity index (χ3n) is 6.45. The molecule has 3 fully saturated rings. The lowest BCUT2D eigenvalue weighted by Gasteiger charge is -2.48. The molecule has 0 bridgehead atoms. The van der Waals surface area contributed by atoms with Gasteiger partial charge in [-0.2, -0.15) is 0 Å². The highest BCUT2D eigenvalue weighted by Gasteiger charge is 2.42. The van der Waals surface area contributed by atoms with Gasteiger partial charge >= 0.3 is 0 Å². The van der Waals surface area contributed by atoms with Crippen LogP contribution in [0.25, 0.3) is 0 Å². The topological polar surface area (TPSA) is 74.8 Å². The van der Waals surface area contributed by atoms with E-state index in [4.69, 9.17) is 4.74 Å². The standard InChI is InChI=1S/C21H30N4O3/c26-19-4-6-21(16-25(19)11-5-17-3-1-2-9-23-17)7-12-24(13-8-21)20(27)18-15-22-10-14-28-18/h1-3,9,18,22H,4-8,10-16H2/t18-/m1/s1. The largest absolute Gasteiger partial charge is 0.366 e. The summed E-state index contributed by atoms with van der Waals surface area (Å²) in [6, 6.07) is 5.91. The van der Waals surface area contributed by atoms with Crippen molar-refractivity contribution in [1.29, 1.82) is 0 Å². The van der Waals surface area contributed by atoms with E-state index in [1.54, 1.807) is 6.20 Å². The number of morpholine rings is 1. The Morgan fingerprint density at radius 1 is 1.29 bits per heavy atom. The first-order valence-electron chi connectivity index (χ1n) is 10.4. The summed E-state index contributed by atoms with van der Waals surface area (Å²) in [5.74, 6) is 0.364.